The van der Waals surface area contributed by atoms with E-state index in [2.05, 4.69) is 17.3 Å². The second kappa shape index (κ2) is 10.8. The molecule has 1 aliphatic rings. The van der Waals surface area contributed by atoms with E-state index in [1.165, 1.54) is 0 Å². The lowest BCUT2D eigenvalue weighted by Crippen LogP contribution is -2.47. The van der Waals surface area contributed by atoms with Crippen molar-refractivity contribution in [1.29, 1.82) is 0 Å². The minimum absolute atomic E-state index is 0.0190. The molecule has 1 saturated heterocycles. The van der Waals surface area contributed by atoms with Gasteiger partial charge in [0, 0.05) is 52.2 Å². The van der Waals surface area contributed by atoms with Crippen LogP contribution < -0.4 is 5.32 Å². The number of hydrogen-bond donors (Lipinski definition) is 1. The summed E-state index contributed by atoms with van der Waals surface area (Å²) in [7, 11) is 2.06. The van der Waals surface area contributed by atoms with E-state index in [9.17, 15) is 9.59 Å². The van der Waals surface area contributed by atoms with E-state index >= 15 is 0 Å². The van der Waals surface area contributed by atoms with Crippen molar-refractivity contribution in [3.63, 3.8) is 0 Å². The molecule has 138 valence electrons. The molecule has 6 nitrogen and oxygen atoms in total. The number of hydrogen-bond acceptors (Lipinski definition) is 4. The van der Waals surface area contributed by atoms with Crippen molar-refractivity contribution in [2.45, 2.75) is 25.9 Å². The highest BCUT2D eigenvalue weighted by Gasteiger charge is 2.18. The molecule has 0 radical (unpaired) electrons. The predicted octanol–water partition coefficient (Wildman–Crippen LogP) is 1.26. The minimum Gasteiger partial charge on any atom is -0.377 e. The molecule has 1 fully saturated rings. The number of nitrogens with one attached hydrogen (secondary N) is 1. The number of rotatable bonds is 9. The Labute approximate surface area is 150 Å². The van der Waals surface area contributed by atoms with E-state index in [1.54, 1.807) is 0 Å². The molecule has 6 heteroatoms. The Balaban J connectivity index is 1.47. The molecule has 0 aliphatic carbocycles. The first-order chi connectivity index (χ1) is 12.1. The maximum Gasteiger partial charge on any atom is 0.224 e. The van der Waals surface area contributed by atoms with Crippen molar-refractivity contribution in [1.82, 2.24) is 15.1 Å². The van der Waals surface area contributed by atoms with Gasteiger partial charge in [-0.15, -0.1) is 0 Å². The number of carbonyl (C=O) groups is 2. The summed E-state index contributed by atoms with van der Waals surface area (Å²) in [5, 5.41) is 2.82. The molecule has 0 spiro atoms. The van der Waals surface area contributed by atoms with Gasteiger partial charge in [0.15, 0.2) is 0 Å². The normalized spacial score (nSPS) is 15.2. The summed E-state index contributed by atoms with van der Waals surface area (Å²) in [5.41, 5.74) is 1.13. The number of benzene rings is 1. The largest absolute Gasteiger partial charge is 0.377 e. The maximum absolute atomic E-state index is 12.1. The van der Waals surface area contributed by atoms with Gasteiger partial charge in [-0.3, -0.25) is 9.59 Å². The highest BCUT2D eigenvalue weighted by Crippen LogP contribution is 2.03. The first-order valence-corrected chi connectivity index (χ1v) is 9.00. The van der Waals surface area contributed by atoms with Gasteiger partial charge in [-0.1, -0.05) is 30.3 Å². The fourth-order valence-electron chi connectivity index (χ4n) is 2.71. The van der Waals surface area contributed by atoms with Gasteiger partial charge in [0.05, 0.1) is 6.61 Å². The predicted molar refractivity (Wildman–Crippen MR) is 97.0 cm³/mol. The van der Waals surface area contributed by atoms with Gasteiger partial charge in [0.1, 0.15) is 0 Å². The average Bonchev–Trinajstić information content (AvgIpc) is 2.63. The van der Waals surface area contributed by atoms with E-state index in [0.717, 1.165) is 31.7 Å². The molecule has 0 unspecified atom stereocenters. The summed E-state index contributed by atoms with van der Waals surface area (Å²) in [4.78, 5) is 27.9. The molecule has 0 atom stereocenters. The summed E-state index contributed by atoms with van der Waals surface area (Å²) >= 11 is 0. The SMILES string of the molecule is CN1CCN(C(=O)CCNC(=O)CCCOCc2ccccc2)CC1. The fraction of sp³-hybridized carbons (Fsp3) is 0.579. The average molecular weight is 347 g/mol. The monoisotopic (exact) mass is 347 g/mol. The van der Waals surface area contributed by atoms with Crippen LogP contribution in [-0.4, -0.2) is 68.0 Å². The number of likely N-dealkylation sites (N-methyl/N-ethyl adjacent to an activating group) is 1. The van der Waals surface area contributed by atoms with Crippen LogP contribution in [0.15, 0.2) is 30.3 Å². The molecule has 1 aliphatic heterocycles. The molecule has 1 aromatic carbocycles. The molecular weight excluding hydrogens is 318 g/mol. The standard InChI is InChI=1S/C19H29N3O3/c1-21-11-13-22(14-12-21)19(24)9-10-20-18(23)8-5-15-25-16-17-6-3-2-4-7-17/h2-4,6-7H,5,8-16H2,1H3,(H,20,23). The molecule has 1 heterocycles. The van der Waals surface area contributed by atoms with Crippen LogP contribution in [0.25, 0.3) is 0 Å². The molecule has 25 heavy (non-hydrogen) atoms. The topological polar surface area (TPSA) is 61.9 Å². The lowest BCUT2D eigenvalue weighted by atomic mass is 10.2. The molecule has 0 bridgehead atoms. The number of ether oxygens (including phenoxy) is 1. The third-order valence-corrected chi connectivity index (χ3v) is 4.32. The first kappa shape index (κ1) is 19.4. The molecular formula is C19H29N3O3. The van der Waals surface area contributed by atoms with Crippen molar-refractivity contribution in [3.8, 4) is 0 Å². The number of carbonyl (C=O) groups excluding carboxylic acids is 2. The summed E-state index contributed by atoms with van der Waals surface area (Å²) < 4.78 is 5.56. The van der Waals surface area contributed by atoms with E-state index in [4.69, 9.17) is 4.74 Å². The van der Waals surface area contributed by atoms with Crippen LogP contribution in [0, 0.1) is 0 Å². The molecule has 0 saturated carbocycles. The van der Waals surface area contributed by atoms with Crippen molar-refractivity contribution in [3.05, 3.63) is 35.9 Å². The lowest BCUT2D eigenvalue weighted by Gasteiger charge is -2.32. The van der Waals surface area contributed by atoms with Crippen LogP contribution in [0.1, 0.15) is 24.8 Å². The Hall–Kier alpha value is -1.92. The van der Waals surface area contributed by atoms with Gasteiger partial charge in [0.25, 0.3) is 0 Å². The Bertz CT molecular complexity index is 528. The van der Waals surface area contributed by atoms with Gasteiger partial charge in [-0.05, 0) is 19.0 Å². The number of nitrogens with zero attached hydrogens (tertiary/aromatic N) is 2. The molecule has 2 rings (SSSR count). The second-order valence-electron chi connectivity index (χ2n) is 6.43. The van der Waals surface area contributed by atoms with Gasteiger partial charge < -0.3 is 19.9 Å². The summed E-state index contributed by atoms with van der Waals surface area (Å²) in [5.74, 6) is 0.106. The lowest BCUT2D eigenvalue weighted by molar-refractivity contribution is -0.132. The van der Waals surface area contributed by atoms with Crippen molar-refractivity contribution in [2.75, 3.05) is 46.4 Å². The quantitative estimate of drug-likeness (QED) is 0.683. The van der Waals surface area contributed by atoms with Gasteiger partial charge in [-0.2, -0.15) is 0 Å². The second-order valence-corrected chi connectivity index (χ2v) is 6.43. The van der Waals surface area contributed by atoms with Crippen LogP contribution in [-0.2, 0) is 20.9 Å². The highest BCUT2D eigenvalue weighted by molar-refractivity contribution is 5.79. The van der Waals surface area contributed by atoms with E-state index < -0.39 is 0 Å². The van der Waals surface area contributed by atoms with Crippen LogP contribution in [0.2, 0.25) is 0 Å². The zero-order chi connectivity index (χ0) is 17.9. The Morgan fingerprint density at radius 3 is 2.52 bits per heavy atom. The third kappa shape index (κ3) is 7.67. The maximum atomic E-state index is 12.1. The summed E-state index contributed by atoms with van der Waals surface area (Å²) in [6.45, 7) is 4.94. The molecule has 1 N–H and O–H groups in total. The van der Waals surface area contributed by atoms with Crippen molar-refractivity contribution < 1.29 is 14.3 Å². The number of piperazine rings is 1. The summed E-state index contributed by atoms with van der Waals surface area (Å²) in [6, 6.07) is 9.97. The minimum atomic E-state index is -0.0190. The van der Waals surface area contributed by atoms with Crippen molar-refractivity contribution >= 4 is 11.8 Å². The Kier molecular flexibility index (Phi) is 8.42. The fourth-order valence-corrected chi connectivity index (χ4v) is 2.71. The Morgan fingerprint density at radius 2 is 1.80 bits per heavy atom. The molecule has 2 amide bonds. The molecule has 1 aromatic rings. The Morgan fingerprint density at radius 1 is 1.08 bits per heavy atom. The van der Waals surface area contributed by atoms with Gasteiger partial charge in [-0.25, -0.2) is 0 Å². The van der Waals surface area contributed by atoms with Gasteiger partial charge in [0.2, 0.25) is 11.8 Å². The smallest absolute Gasteiger partial charge is 0.224 e. The van der Waals surface area contributed by atoms with E-state index in [0.29, 0.717) is 39.0 Å². The van der Waals surface area contributed by atoms with Crippen molar-refractivity contribution in [2.24, 2.45) is 0 Å². The van der Waals surface area contributed by atoms with Crippen LogP contribution in [0.4, 0.5) is 0 Å². The van der Waals surface area contributed by atoms with Crippen LogP contribution in [0.5, 0.6) is 0 Å². The van der Waals surface area contributed by atoms with E-state index in [1.807, 2.05) is 35.2 Å². The summed E-state index contributed by atoms with van der Waals surface area (Å²) in [6.07, 6.45) is 1.49. The van der Waals surface area contributed by atoms with Gasteiger partial charge >= 0.3 is 0 Å². The zero-order valence-corrected chi connectivity index (χ0v) is 15.1. The van der Waals surface area contributed by atoms with Crippen LogP contribution >= 0.6 is 0 Å². The molecule has 0 aromatic heterocycles. The zero-order valence-electron chi connectivity index (χ0n) is 15.1. The van der Waals surface area contributed by atoms with Crippen LogP contribution in [0.3, 0.4) is 0 Å². The highest BCUT2D eigenvalue weighted by atomic mass is 16.5. The number of amides is 2. The third-order valence-electron chi connectivity index (χ3n) is 4.32. The van der Waals surface area contributed by atoms with E-state index in [-0.39, 0.29) is 11.8 Å². The first-order valence-electron chi connectivity index (χ1n) is 9.00.